The summed E-state index contributed by atoms with van der Waals surface area (Å²) in [6.07, 6.45) is 2.29. The molecule has 0 amide bonds. The lowest BCUT2D eigenvalue weighted by Crippen LogP contribution is -2.03. The van der Waals surface area contributed by atoms with Crippen LogP contribution in [0.25, 0.3) is 5.70 Å². The van der Waals surface area contributed by atoms with Crippen molar-refractivity contribution in [1.29, 1.82) is 0 Å². The molecule has 0 unspecified atom stereocenters. The smallest absolute Gasteiger partial charge is 0.173 e. The number of benzene rings is 1. The van der Waals surface area contributed by atoms with E-state index in [1.807, 2.05) is 0 Å². The molecular formula is C12H13ClFNOS. The third-order valence-electron chi connectivity index (χ3n) is 2.63. The monoisotopic (exact) mass is 273 g/mol. The summed E-state index contributed by atoms with van der Waals surface area (Å²) >= 11 is 9.88. The number of ether oxygens (including phenoxy) is 1. The molecule has 1 aliphatic rings. The molecule has 1 aromatic carbocycles. The maximum Gasteiger partial charge on any atom is 0.173 e. The van der Waals surface area contributed by atoms with Gasteiger partial charge < -0.3 is 10.5 Å². The van der Waals surface area contributed by atoms with Crippen LogP contribution < -0.4 is 10.5 Å². The summed E-state index contributed by atoms with van der Waals surface area (Å²) in [5.74, 6) is 0.160. The molecule has 0 radical (unpaired) electrons. The van der Waals surface area contributed by atoms with Gasteiger partial charge in [-0.05, 0) is 36.3 Å². The Morgan fingerprint density at radius 3 is 2.82 bits per heavy atom. The molecule has 0 spiro atoms. The van der Waals surface area contributed by atoms with Gasteiger partial charge in [-0.25, -0.2) is 4.39 Å². The fourth-order valence-electron chi connectivity index (χ4n) is 1.42. The molecule has 0 saturated heterocycles. The first-order valence-electron chi connectivity index (χ1n) is 5.34. The summed E-state index contributed by atoms with van der Waals surface area (Å²) in [6, 6.07) is 2.88. The molecule has 2 N–H and O–H groups in total. The maximum absolute atomic E-state index is 13.8. The zero-order chi connectivity index (χ0) is 12.4. The Morgan fingerprint density at radius 1 is 1.59 bits per heavy atom. The summed E-state index contributed by atoms with van der Waals surface area (Å²) in [7, 11) is 0. The normalized spacial score (nSPS) is 16.1. The third-order valence-corrected chi connectivity index (χ3v) is 3.19. The van der Waals surface area contributed by atoms with E-state index < -0.39 is 5.82 Å². The number of nitrogens with two attached hydrogens (primary N) is 1. The fraction of sp³-hybridized carbons (Fsp3) is 0.333. The second-order valence-electron chi connectivity index (χ2n) is 4.11. The van der Waals surface area contributed by atoms with Gasteiger partial charge in [0.05, 0.1) is 11.6 Å². The highest BCUT2D eigenvalue weighted by Gasteiger charge is 2.23. The average Bonchev–Trinajstić information content (AvgIpc) is 3.10. The van der Waals surface area contributed by atoms with Crippen molar-refractivity contribution in [3.63, 3.8) is 0 Å². The topological polar surface area (TPSA) is 35.2 Å². The van der Waals surface area contributed by atoms with Crippen LogP contribution in [0.2, 0.25) is 5.02 Å². The molecular weight excluding hydrogens is 261 g/mol. The van der Waals surface area contributed by atoms with Crippen LogP contribution in [0.5, 0.6) is 5.75 Å². The minimum absolute atomic E-state index is 0.106. The summed E-state index contributed by atoms with van der Waals surface area (Å²) in [6.45, 7) is 0.522. The van der Waals surface area contributed by atoms with Crippen LogP contribution in [-0.2, 0) is 0 Å². The van der Waals surface area contributed by atoms with E-state index in [-0.39, 0.29) is 10.8 Å². The van der Waals surface area contributed by atoms with Gasteiger partial charge >= 0.3 is 0 Å². The summed E-state index contributed by atoms with van der Waals surface area (Å²) in [5.41, 5.74) is 6.50. The number of hydrogen-bond donors (Lipinski definition) is 2. The van der Waals surface area contributed by atoms with Crippen molar-refractivity contribution in [3.05, 3.63) is 33.9 Å². The highest BCUT2D eigenvalue weighted by atomic mass is 35.5. The summed E-state index contributed by atoms with van der Waals surface area (Å²) < 4.78 is 19.1. The SMILES string of the molecule is N/C(=C\S)c1cc(F)c(OCC2CC2)c(Cl)c1. The second kappa shape index (κ2) is 5.19. The van der Waals surface area contributed by atoms with Crippen LogP contribution in [-0.4, -0.2) is 6.61 Å². The largest absolute Gasteiger partial charge is 0.489 e. The lowest BCUT2D eigenvalue weighted by Gasteiger charge is -2.10. The molecule has 1 aliphatic carbocycles. The Hall–Kier alpha value is -0.870. The van der Waals surface area contributed by atoms with Crippen molar-refractivity contribution in [1.82, 2.24) is 0 Å². The Labute approximate surface area is 110 Å². The van der Waals surface area contributed by atoms with Gasteiger partial charge in [-0.1, -0.05) is 11.6 Å². The van der Waals surface area contributed by atoms with Crippen molar-refractivity contribution in [2.45, 2.75) is 12.8 Å². The molecule has 2 nitrogen and oxygen atoms in total. The van der Waals surface area contributed by atoms with E-state index in [1.165, 1.54) is 11.5 Å². The molecule has 1 saturated carbocycles. The van der Waals surface area contributed by atoms with Crippen LogP contribution in [0.1, 0.15) is 18.4 Å². The first-order valence-corrected chi connectivity index (χ1v) is 6.23. The predicted molar refractivity (Wildman–Crippen MR) is 70.8 cm³/mol. The minimum Gasteiger partial charge on any atom is -0.489 e. The van der Waals surface area contributed by atoms with Gasteiger partial charge in [0.2, 0.25) is 0 Å². The van der Waals surface area contributed by atoms with E-state index >= 15 is 0 Å². The first-order chi connectivity index (χ1) is 8.11. The van der Waals surface area contributed by atoms with E-state index in [0.29, 0.717) is 23.8 Å². The van der Waals surface area contributed by atoms with Crippen LogP contribution in [0.3, 0.4) is 0 Å². The van der Waals surface area contributed by atoms with Crippen LogP contribution in [0, 0.1) is 11.7 Å². The average molecular weight is 274 g/mol. The molecule has 2 rings (SSSR count). The van der Waals surface area contributed by atoms with Gasteiger partial charge in [-0.15, -0.1) is 12.6 Å². The van der Waals surface area contributed by atoms with Gasteiger partial charge in [0.1, 0.15) is 0 Å². The zero-order valence-electron chi connectivity index (χ0n) is 9.12. The van der Waals surface area contributed by atoms with Crippen molar-refractivity contribution in [2.24, 2.45) is 11.7 Å². The Morgan fingerprint density at radius 2 is 2.29 bits per heavy atom. The van der Waals surface area contributed by atoms with Crippen molar-refractivity contribution in [2.75, 3.05) is 6.61 Å². The molecule has 5 heteroatoms. The van der Waals surface area contributed by atoms with E-state index in [1.54, 1.807) is 6.07 Å². The number of hydrogen-bond acceptors (Lipinski definition) is 3. The van der Waals surface area contributed by atoms with E-state index in [2.05, 4.69) is 12.6 Å². The third kappa shape index (κ3) is 3.07. The Kier molecular flexibility index (Phi) is 3.84. The second-order valence-corrected chi connectivity index (χ2v) is 4.77. The molecule has 17 heavy (non-hydrogen) atoms. The predicted octanol–water partition coefficient (Wildman–Crippen LogP) is 3.45. The first kappa shape index (κ1) is 12.6. The standard InChI is InChI=1S/C12H13ClFNOS/c13-9-3-8(11(15)6-17)4-10(14)12(9)16-5-7-1-2-7/h3-4,6-7,17H,1-2,5,15H2/b11-6-. The van der Waals surface area contributed by atoms with E-state index in [0.717, 1.165) is 12.8 Å². The Balaban J connectivity index is 2.21. The van der Waals surface area contributed by atoms with Crippen LogP contribution in [0.4, 0.5) is 4.39 Å². The number of halogens is 2. The van der Waals surface area contributed by atoms with Crippen molar-refractivity contribution in [3.8, 4) is 5.75 Å². The van der Waals surface area contributed by atoms with Crippen LogP contribution >= 0.6 is 24.2 Å². The molecule has 0 aromatic heterocycles. The number of rotatable bonds is 4. The van der Waals surface area contributed by atoms with E-state index in [4.69, 9.17) is 22.1 Å². The summed E-state index contributed by atoms with van der Waals surface area (Å²) in [4.78, 5) is 0. The highest BCUT2D eigenvalue weighted by molar-refractivity contribution is 7.83. The molecule has 1 aromatic rings. The molecule has 92 valence electrons. The molecule has 0 atom stereocenters. The van der Waals surface area contributed by atoms with Gasteiger partial charge in [-0.3, -0.25) is 0 Å². The minimum atomic E-state index is -0.494. The maximum atomic E-state index is 13.8. The molecule has 0 heterocycles. The fourth-order valence-corrected chi connectivity index (χ4v) is 1.84. The molecule has 0 bridgehead atoms. The van der Waals surface area contributed by atoms with Crippen molar-refractivity contribution < 1.29 is 9.13 Å². The lowest BCUT2D eigenvalue weighted by molar-refractivity contribution is 0.285. The zero-order valence-corrected chi connectivity index (χ0v) is 10.8. The van der Waals surface area contributed by atoms with Crippen LogP contribution in [0.15, 0.2) is 17.5 Å². The van der Waals surface area contributed by atoms with Crippen molar-refractivity contribution >= 4 is 29.9 Å². The lowest BCUT2D eigenvalue weighted by atomic mass is 10.1. The van der Waals surface area contributed by atoms with Gasteiger partial charge in [0.25, 0.3) is 0 Å². The quantitative estimate of drug-likeness (QED) is 0.824. The van der Waals surface area contributed by atoms with Gasteiger partial charge in [-0.2, -0.15) is 0 Å². The van der Waals surface area contributed by atoms with Gasteiger partial charge in [0, 0.05) is 11.3 Å². The Bertz CT molecular complexity index is 437. The molecule has 0 aliphatic heterocycles. The molecule has 1 fully saturated rings. The van der Waals surface area contributed by atoms with E-state index in [9.17, 15) is 4.39 Å². The highest BCUT2D eigenvalue weighted by Crippen LogP contribution is 2.34. The summed E-state index contributed by atoms with van der Waals surface area (Å²) in [5, 5.41) is 1.63. The number of thiol groups is 1. The van der Waals surface area contributed by atoms with Gasteiger partial charge in [0.15, 0.2) is 11.6 Å².